The molecular formula is C28H33N3O3. The fourth-order valence-electron chi connectivity index (χ4n) is 3.42. The van der Waals surface area contributed by atoms with Crippen molar-refractivity contribution in [3.8, 4) is 5.75 Å². The van der Waals surface area contributed by atoms with Crippen molar-refractivity contribution in [2.45, 2.75) is 39.0 Å². The zero-order valence-electron chi connectivity index (χ0n) is 19.7. The molecule has 0 spiro atoms. The highest BCUT2D eigenvalue weighted by atomic mass is 16.5. The van der Waals surface area contributed by atoms with E-state index in [1.54, 1.807) is 18.2 Å². The van der Waals surface area contributed by atoms with Gasteiger partial charge in [-0.15, -0.1) is 0 Å². The molecule has 0 heterocycles. The second kappa shape index (κ2) is 13.7. The van der Waals surface area contributed by atoms with Crippen LogP contribution in [0, 0.1) is 0 Å². The van der Waals surface area contributed by atoms with E-state index in [9.17, 15) is 9.59 Å². The molecule has 0 aliphatic rings. The van der Waals surface area contributed by atoms with Gasteiger partial charge in [-0.2, -0.15) is 0 Å². The number of ether oxygens (including phenoxy) is 1. The molecule has 3 N–H and O–H groups in total. The first-order valence-electron chi connectivity index (χ1n) is 11.8. The van der Waals surface area contributed by atoms with Crippen molar-refractivity contribution in [3.63, 3.8) is 0 Å². The first kappa shape index (κ1) is 24.8. The van der Waals surface area contributed by atoms with E-state index in [2.05, 4.69) is 35.0 Å². The summed E-state index contributed by atoms with van der Waals surface area (Å²) in [5.41, 5.74) is 3.39. The summed E-state index contributed by atoms with van der Waals surface area (Å²) in [6.45, 7) is 2.84. The Hall–Kier alpha value is -3.80. The summed E-state index contributed by atoms with van der Waals surface area (Å²) in [7, 11) is 0. The smallest absolute Gasteiger partial charge is 0.243 e. The molecule has 0 fully saturated rings. The average Bonchev–Trinajstić information content (AvgIpc) is 2.85. The SMILES string of the molecule is CCCCCC(=O)Nc1cccc(NC(=O)CNc2ccc(OCCc3ccccc3)cc2)c1. The van der Waals surface area contributed by atoms with Crippen molar-refractivity contribution >= 4 is 28.9 Å². The molecule has 0 saturated carbocycles. The van der Waals surface area contributed by atoms with Gasteiger partial charge < -0.3 is 20.7 Å². The molecule has 0 radical (unpaired) electrons. The van der Waals surface area contributed by atoms with Crippen molar-refractivity contribution < 1.29 is 14.3 Å². The van der Waals surface area contributed by atoms with Crippen molar-refractivity contribution in [3.05, 3.63) is 84.4 Å². The Morgan fingerprint density at radius 2 is 1.47 bits per heavy atom. The molecule has 2 amide bonds. The van der Waals surface area contributed by atoms with Gasteiger partial charge in [0.1, 0.15) is 5.75 Å². The van der Waals surface area contributed by atoms with Crippen LogP contribution in [-0.2, 0) is 16.0 Å². The van der Waals surface area contributed by atoms with Gasteiger partial charge in [0.15, 0.2) is 0 Å². The molecule has 3 aromatic rings. The summed E-state index contributed by atoms with van der Waals surface area (Å²) in [5, 5.41) is 8.85. The number of hydrogen-bond donors (Lipinski definition) is 3. The highest BCUT2D eigenvalue weighted by molar-refractivity contribution is 5.95. The largest absolute Gasteiger partial charge is 0.493 e. The van der Waals surface area contributed by atoms with Gasteiger partial charge in [-0.3, -0.25) is 9.59 Å². The zero-order valence-corrected chi connectivity index (χ0v) is 19.7. The molecule has 3 rings (SSSR count). The fourth-order valence-corrected chi connectivity index (χ4v) is 3.42. The fraction of sp³-hybridized carbons (Fsp3) is 0.286. The summed E-state index contributed by atoms with van der Waals surface area (Å²) in [4.78, 5) is 24.4. The standard InChI is InChI=1S/C28H33N3O3/c1-2-3-5-13-27(32)30-24-11-8-12-25(20-24)31-28(33)21-29-23-14-16-26(17-15-23)34-19-18-22-9-6-4-7-10-22/h4,6-12,14-17,20,29H,2-3,5,13,18-19,21H2,1H3,(H,30,32)(H,31,33). The highest BCUT2D eigenvalue weighted by Crippen LogP contribution is 2.17. The molecule has 3 aromatic carbocycles. The van der Waals surface area contributed by atoms with Gasteiger partial charge in [-0.1, -0.05) is 56.2 Å². The van der Waals surface area contributed by atoms with Crippen LogP contribution in [0.5, 0.6) is 5.75 Å². The predicted molar refractivity (Wildman–Crippen MR) is 138 cm³/mol. The second-order valence-electron chi connectivity index (χ2n) is 8.10. The van der Waals surface area contributed by atoms with Crippen LogP contribution in [0.2, 0.25) is 0 Å². The van der Waals surface area contributed by atoms with E-state index in [0.29, 0.717) is 24.4 Å². The minimum Gasteiger partial charge on any atom is -0.493 e. The Labute approximate surface area is 201 Å². The van der Waals surface area contributed by atoms with Crippen LogP contribution >= 0.6 is 0 Å². The number of nitrogens with one attached hydrogen (secondary N) is 3. The molecule has 6 heteroatoms. The number of carbonyl (C=O) groups excluding carboxylic acids is 2. The Morgan fingerprint density at radius 3 is 2.18 bits per heavy atom. The van der Waals surface area contributed by atoms with Gasteiger partial charge in [0.2, 0.25) is 11.8 Å². The molecule has 34 heavy (non-hydrogen) atoms. The third-order valence-electron chi connectivity index (χ3n) is 5.25. The topological polar surface area (TPSA) is 79.5 Å². The summed E-state index contributed by atoms with van der Waals surface area (Å²) in [6, 6.07) is 25.0. The van der Waals surface area contributed by atoms with Crippen LogP contribution in [-0.4, -0.2) is 25.0 Å². The number of hydrogen-bond acceptors (Lipinski definition) is 4. The normalized spacial score (nSPS) is 10.4. The van der Waals surface area contributed by atoms with E-state index in [4.69, 9.17) is 4.74 Å². The van der Waals surface area contributed by atoms with Crippen LogP contribution in [0.3, 0.4) is 0 Å². The van der Waals surface area contributed by atoms with E-state index < -0.39 is 0 Å². The molecule has 0 unspecified atom stereocenters. The molecule has 178 valence electrons. The van der Waals surface area contributed by atoms with Gasteiger partial charge in [0.05, 0.1) is 13.2 Å². The molecule has 6 nitrogen and oxygen atoms in total. The lowest BCUT2D eigenvalue weighted by molar-refractivity contribution is -0.116. The number of rotatable bonds is 13. The molecule has 0 saturated heterocycles. The Kier molecular flexibility index (Phi) is 9.99. The molecule has 0 aromatic heterocycles. The Balaban J connectivity index is 1.39. The third-order valence-corrected chi connectivity index (χ3v) is 5.25. The lowest BCUT2D eigenvalue weighted by Gasteiger charge is -2.11. The molecule has 0 atom stereocenters. The van der Waals surface area contributed by atoms with Gasteiger partial charge in [0.25, 0.3) is 0 Å². The number of anilines is 3. The first-order valence-corrected chi connectivity index (χ1v) is 11.8. The van der Waals surface area contributed by atoms with E-state index in [1.807, 2.05) is 48.5 Å². The summed E-state index contributed by atoms with van der Waals surface area (Å²) < 4.78 is 5.80. The van der Waals surface area contributed by atoms with Crippen molar-refractivity contribution in [2.75, 3.05) is 29.1 Å². The number of benzene rings is 3. The van der Waals surface area contributed by atoms with Crippen LogP contribution in [0.4, 0.5) is 17.1 Å². The monoisotopic (exact) mass is 459 g/mol. The number of carbonyl (C=O) groups is 2. The van der Waals surface area contributed by atoms with Gasteiger partial charge in [-0.25, -0.2) is 0 Å². The van der Waals surface area contributed by atoms with Crippen molar-refractivity contribution in [1.82, 2.24) is 0 Å². The minimum absolute atomic E-state index is 0.00825. The Bertz CT molecular complexity index is 1040. The summed E-state index contributed by atoms with van der Waals surface area (Å²) in [6.07, 6.45) is 4.36. The number of amides is 2. The first-order chi connectivity index (χ1) is 16.6. The van der Waals surface area contributed by atoms with E-state index in [-0.39, 0.29) is 18.4 Å². The molecule has 0 aliphatic heterocycles. The van der Waals surface area contributed by atoms with Crippen molar-refractivity contribution in [1.29, 1.82) is 0 Å². The average molecular weight is 460 g/mol. The zero-order chi connectivity index (χ0) is 24.0. The lowest BCUT2D eigenvalue weighted by Crippen LogP contribution is -2.21. The maximum absolute atomic E-state index is 12.4. The second-order valence-corrected chi connectivity index (χ2v) is 8.10. The van der Waals surface area contributed by atoms with Crippen LogP contribution in [0.15, 0.2) is 78.9 Å². The van der Waals surface area contributed by atoms with Gasteiger partial charge >= 0.3 is 0 Å². The Morgan fingerprint density at radius 1 is 0.765 bits per heavy atom. The van der Waals surface area contributed by atoms with Crippen molar-refractivity contribution in [2.24, 2.45) is 0 Å². The molecular weight excluding hydrogens is 426 g/mol. The third kappa shape index (κ3) is 8.98. The number of unbranched alkanes of at least 4 members (excludes halogenated alkanes) is 2. The van der Waals surface area contributed by atoms with E-state index in [0.717, 1.165) is 37.1 Å². The predicted octanol–water partition coefficient (Wildman–Crippen LogP) is 5.88. The summed E-state index contributed by atoms with van der Waals surface area (Å²) in [5.74, 6) is 0.611. The van der Waals surface area contributed by atoms with Crippen LogP contribution in [0.1, 0.15) is 38.2 Å². The summed E-state index contributed by atoms with van der Waals surface area (Å²) >= 11 is 0. The quantitative estimate of drug-likeness (QED) is 0.279. The van der Waals surface area contributed by atoms with Crippen LogP contribution < -0.4 is 20.7 Å². The van der Waals surface area contributed by atoms with Crippen LogP contribution in [0.25, 0.3) is 0 Å². The van der Waals surface area contributed by atoms with Gasteiger partial charge in [-0.05, 0) is 54.4 Å². The van der Waals surface area contributed by atoms with Gasteiger partial charge in [0, 0.05) is 29.9 Å². The molecule has 0 bridgehead atoms. The van der Waals surface area contributed by atoms with E-state index in [1.165, 1.54) is 5.56 Å². The lowest BCUT2D eigenvalue weighted by atomic mass is 10.2. The maximum Gasteiger partial charge on any atom is 0.243 e. The minimum atomic E-state index is -0.172. The molecule has 0 aliphatic carbocycles. The highest BCUT2D eigenvalue weighted by Gasteiger charge is 2.06. The van der Waals surface area contributed by atoms with E-state index >= 15 is 0 Å². The maximum atomic E-state index is 12.4.